The molecular weight excluding hydrogens is 280 g/mol. The second kappa shape index (κ2) is 4.53. The lowest BCUT2D eigenvalue weighted by Gasteiger charge is -2.14. The summed E-state index contributed by atoms with van der Waals surface area (Å²) in [5.41, 5.74) is 1.18. The van der Waals surface area contributed by atoms with Gasteiger partial charge in [-0.2, -0.15) is 0 Å². The number of hydrogen-bond acceptors (Lipinski definition) is 3. The third-order valence-corrected chi connectivity index (χ3v) is 4.49. The third kappa shape index (κ3) is 2.13. The minimum absolute atomic E-state index is 0.319. The summed E-state index contributed by atoms with van der Waals surface area (Å²) in [5.74, 6) is -0.840. The third-order valence-electron chi connectivity index (χ3n) is 4.49. The number of para-hydroxylation sites is 1. The predicted molar refractivity (Wildman–Crippen MR) is 80.8 cm³/mol. The van der Waals surface area contributed by atoms with Crippen LogP contribution in [0.25, 0.3) is 10.9 Å². The Balaban J connectivity index is 1.76. The number of benzene rings is 1. The van der Waals surface area contributed by atoms with Crippen molar-refractivity contribution in [1.82, 2.24) is 10.3 Å². The molecule has 0 unspecified atom stereocenters. The first-order valence-electron chi connectivity index (χ1n) is 7.55. The zero-order valence-corrected chi connectivity index (χ0v) is 12.0. The summed E-state index contributed by atoms with van der Waals surface area (Å²) < 4.78 is 0. The first kappa shape index (κ1) is 13.2. The molecule has 22 heavy (non-hydrogen) atoms. The number of carbonyl (C=O) groups excluding carboxylic acids is 1. The number of aromatic nitrogens is 1. The Morgan fingerprint density at radius 2 is 1.95 bits per heavy atom. The molecule has 112 valence electrons. The van der Waals surface area contributed by atoms with Crippen LogP contribution in [0.2, 0.25) is 0 Å². The molecule has 2 N–H and O–H groups in total. The topological polar surface area (TPSA) is 79.3 Å². The number of nitrogens with one attached hydrogen (secondary N) is 1. The number of amides is 1. The van der Waals surface area contributed by atoms with E-state index < -0.39 is 11.5 Å². The van der Waals surface area contributed by atoms with Crippen molar-refractivity contribution in [3.63, 3.8) is 0 Å². The van der Waals surface area contributed by atoms with Crippen LogP contribution in [0.1, 0.15) is 47.7 Å². The molecule has 1 heterocycles. The highest BCUT2D eigenvalue weighted by Gasteiger charge is 2.51. The number of rotatable bonds is 4. The summed E-state index contributed by atoms with van der Waals surface area (Å²) in [7, 11) is 0. The molecule has 5 heteroatoms. The van der Waals surface area contributed by atoms with Crippen LogP contribution in [0.15, 0.2) is 30.3 Å². The van der Waals surface area contributed by atoms with Crippen molar-refractivity contribution in [3.8, 4) is 0 Å². The minimum Gasteiger partial charge on any atom is -0.480 e. The Morgan fingerprint density at radius 3 is 2.59 bits per heavy atom. The average molecular weight is 296 g/mol. The summed E-state index contributed by atoms with van der Waals surface area (Å²) in [5, 5.41) is 12.7. The zero-order valence-electron chi connectivity index (χ0n) is 12.0. The van der Waals surface area contributed by atoms with E-state index in [2.05, 4.69) is 10.3 Å². The van der Waals surface area contributed by atoms with Crippen LogP contribution in [0.4, 0.5) is 0 Å². The second-order valence-corrected chi connectivity index (χ2v) is 6.23. The van der Waals surface area contributed by atoms with Crippen molar-refractivity contribution in [3.05, 3.63) is 41.6 Å². The van der Waals surface area contributed by atoms with Gasteiger partial charge in [0, 0.05) is 17.0 Å². The van der Waals surface area contributed by atoms with Crippen LogP contribution in [0, 0.1) is 0 Å². The summed E-state index contributed by atoms with van der Waals surface area (Å²) in [4.78, 5) is 28.5. The molecule has 0 atom stereocenters. The normalized spacial score (nSPS) is 18.9. The quantitative estimate of drug-likeness (QED) is 0.908. The summed E-state index contributed by atoms with van der Waals surface area (Å²) in [6.07, 6.45) is 3.19. The van der Waals surface area contributed by atoms with Crippen LogP contribution in [0.3, 0.4) is 0 Å². The monoisotopic (exact) mass is 296 g/mol. The van der Waals surface area contributed by atoms with Gasteiger partial charge in [-0.15, -0.1) is 0 Å². The lowest BCUT2D eigenvalue weighted by molar-refractivity contribution is -0.140. The van der Waals surface area contributed by atoms with Crippen molar-refractivity contribution in [2.75, 3.05) is 0 Å². The van der Waals surface area contributed by atoms with Crippen LogP contribution >= 0.6 is 0 Å². The number of carbonyl (C=O) groups is 2. The van der Waals surface area contributed by atoms with Gasteiger partial charge in [-0.25, -0.2) is 4.79 Å². The molecule has 1 amide bonds. The fraction of sp³-hybridized carbons (Fsp3) is 0.353. The highest BCUT2D eigenvalue weighted by molar-refractivity contribution is 6.08. The van der Waals surface area contributed by atoms with Crippen molar-refractivity contribution < 1.29 is 14.7 Å². The van der Waals surface area contributed by atoms with Crippen LogP contribution < -0.4 is 5.32 Å². The number of nitrogens with zero attached hydrogens (tertiary/aromatic N) is 1. The number of carboxylic acids is 1. The SMILES string of the molecule is O=C(NC1(C(=O)O)CC1)c1cc(C2CC2)nc2ccccc12. The van der Waals surface area contributed by atoms with Gasteiger partial charge in [0.25, 0.3) is 5.91 Å². The van der Waals surface area contributed by atoms with Crippen LogP contribution in [0.5, 0.6) is 0 Å². The maximum Gasteiger partial charge on any atom is 0.329 e. The molecule has 0 aliphatic heterocycles. The largest absolute Gasteiger partial charge is 0.480 e. The molecule has 2 fully saturated rings. The number of carboxylic acid groups (broad SMARTS) is 1. The second-order valence-electron chi connectivity index (χ2n) is 6.23. The van der Waals surface area contributed by atoms with E-state index in [4.69, 9.17) is 0 Å². The van der Waals surface area contributed by atoms with Gasteiger partial charge in [-0.3, -0.25) is 9.78 Å². The number of hydrogen-bond donors (Lipinski definition) is 2. The van der Waals surface area contributed by atoms with Crippen molar-refractivity contribution in [2.24, 2.45) is 0 Å². The molecule has 0 bridgehead atoms. The maximum atomic E-state index is 12.6. The zero-order chi connectivity index (χ0) is 15.3. The molecule has 2 aromatic rings. The Labute approximate surface area is 127 Å². The van der Waals surface area contributed by atoms with E-state index >= 15 is 0 Å². The molecule has 5 nitrogen and oxygen atoms in total. The number of aliphatic carboxylic acids is 1. The molecule has 4 rings (SSSR count). The van der Waals surface area contributed by atoms with Gasteiger partial charge < -0.3 is 10.4 Å². The molecule has 1 aromatic carbocycles. The van der Waals surface area contributed by atoms with E-state index in [9.17, 15) is 14.7 Å². The molecule has 1 aromatic heterocycles. The van der Waals surface area contributed by atoms with E-state index in [0.717, 1.165) is 29.4 Å². The van der Waals surface area contributed by atoms with E-state index in [0.29, 0.717) is 24.3 Å². The fourth-order valence-electron chi connectivity index (χ4n) is 2.77. The van der Waals surface area contributed by atoms with Crippen molar-refractivity contribution >= 4 is 22.8 Å². The summed E-state index contributed by atoms with van der Waals surface area (Å²) >= 11 is 0. The van der Waals surface area contributed by atoms with E-state index in [1.54, 1.807) is 0 Å². The molecule has 0 saturated heterocycles. The Hall–Kier alpha value is -2.43. The average Bonchev–Trinajstić information content (AvgIpc) is 3.39. The highest BCUT2D eigenvalue weighted by Crippen LogP contribution is 2.40. The first-order chi connectivity index (χ1) is 10.6. The molecule has 2 aliphatic carbocycles. The van der Waals surface area contributed by atoms with Gasteiger partial charge in [0.05, 0.1) is 11.1 Å². The molecule has 2 saturated carbocycles. The smallest absolute Gasteiger partial charge is 0.329 e. The Morgan fingerprint density at radius 1 is 1.23 bits per heavy atom. The Bertz CT molecular complexity index is 792. The molecule has 2 aliphatic rings. The van der Waals surface area contributed by atoms with Gasteiger partial charge in [0.1, 0.15) is 5.54 Å². The molecular formula is C17H16N2O3. The number of pyridine rings is 1. The van der Waals surface area contributed by atoms with Gasteiger partial charge >= 0.3 is 5.97 Å². The van der Waals surface area contributed by atoms with Gasteiger partial charge in [-0.1, -0.05) is 18.2 Å². The van der Waals surface area contributed by atoms with Crippen LogP contribution in [-0.2, 0) is 4.79 Å². The molecule has 0 radical (unpaired) electrons. The van der Waals surface area contributed by atoms with Crippen molar-refractivity contribution in [1.29, 1.82) is 0 Å². The summed E-state index contributed by atoms with van der Waals surface area (Å²) in [6.45, 7) is 0. The van der Waals surface area contributed by atoms with E-state index in [-0.39, 0.29) is 5.91 Å². The predicted octanol–water partition coefficient (Wildman–Crippen LogP) is 2.46. The lowest BCUT2D eigenvalue weighted by atomic mass is 10.0. The first-order valence-corrected chi connectivity index (χ1v) is 7.55. The summed E-state index contributed by atoms with van der Waals surface area (Å²) in [6, 6.07) is 9.33. The van der Waals surface area contributed by atoms with E-state index in [1.165, 1.54) is 0 Å². The van der Waals surface area contributed by atoms with Gasteiger partial charge in [0.15, 0.2) is 0 Å². The van der Waals surface area contributed by atoms with E-state index in [1.807, 2.05) is 30.3 Å². The molecule has 0 spiro atoms. The van der Waals surface area contributed by atoms with Gasteiger partial charge in [0.2, 0.25) is 0 Å². The Kier molecular flexibility index (Phi) is 2.73. The maximum absolute atomic E-state index is 12.6. The lowest BCUT2D eigenvalue weighted by Crippen LogP contribution is -2.43. The minimum atomic E-state index is -1.07. The van der Waals surface area contributed by atoms with Gasteiger partial charge in [-0.05, 0) is 37.8 Å². The number of fused-ring (bicyclic) bond motifs is 1. The standard InChI is InChI=1S/C17H16N2O3/c20-15(19-17(7-8-17)16(21)22)12-9-14(10-5-6-10)18-13-4-2-1-3-11(12)13/h1-4,9-10H,5-8H2,(H,19,20)(H,21,22). The van der Waals surface area contributed by atoms with Crippen LogP contribution in [-0.4, -0.2) is 27.5 Å². The fourth-order valence-corrected chi connectivity index (χ4v) is 2.77. The highest BCUT2D eigenvalue weighted by atomic mass is 16.4. The van der Waals surface area contributed by atoms with Crippen molar-refractivity contribution in [2.45, 2.75) is 37.1 Å².